The van der Waals surface area contributed by atoms with E-state index in [9.17, 15) is 0 Å². The quantitative estimate of drug-likeness (QED) is 0.854. The van der Waals surface area contributed by atoms with Gasteiger partial charge < -0.3 is 14.7 Å². The third-order valence-electron chi connectivity index (χ3n) is 5.24. The van der Waals surface area contributed by atoms with Crippen molar-refractivity contribution in [1.82, 2.24) is 9.80 Å². The minimum Gasteiger partial charge on any atom is -0.497 e. The fourth-order valence-electron chi connectivity index (χ4n) is 3.73. The van der Waals surface area contributed by atoms with E-state index in [0.29, 0.717) is 0 Å². The maximum atomic E-state index is 9.08. The van der Waals surface area contributed by atoms with Crippen LogP contribution in [0.3, 0.4) is 0 Å². The van der Waals surface area contributed by atoms with E-state index in [0.717, 1.165) is 44.9 Å². The lowest BCUT2D eigenvalue weighted by Gasteiger charge is -2.37. The van der Waals surface area contributed by atoms with Gasteiger partial charge in [-0.05, 0) is 42.3 Å². The van der Waals surface area contributed by atoms with Crippen LogP contribution in [0.1, 0.15) is 17.5 Å². The van der Waals surface area contributed by atoms with Crippen LogP contribution in [0.5, 0.6) is 5.75 Å². The predicted molar refractivity (Wildman–Crippen MR) is 111 cm³/mol. The van der Waals surface area contributed by atoms with Crippen molar-refractivity contribution in [2.24, 2.45) is 0 Å². The van der Waals surface area contributed by atoms with Gasteiger partial charge in [0, 0.05) is 60.4 Å². The number of aliphatic hydroxyl groups excluding tert-OH is 1. The van der Waals surface area contributed by atoms with Gasteiger partial charge >= 0.3 is 0 Å². The van der Waals surface area contributed by atoms with Crippen molar-refractivity contribution in [2.75, 3.05) is 46.4 Å². The summed E-state index contributed by atoms with van der Waals surface area (Å²) in [4.78, 5) is 7.51. The average Bonchev–Trinajstić information content (AvgIpc) is 2.88. The van der Waals surface area contributed by atoms with E-state index < -0.39 is 0 Å². The molecule has 0 saturated carbocycles. The molecule has 4 rings (SSSR count). The van der Waals surface area contributed by atoms with Gasteiger partial charge in [0.2, 0.25) is 0 Å². The fourth-order valence-corrected chi connectivity index (χ4v) is 4.77. The lowest BCUT2D eigenvalue weighted by molar-refractivity contribution is 0.161. The Bertz CT molecular complexity index is 829. The van der Waals surface area contributed by atoms with E-state index in [1.165, 1.54) is 26.6 Å². The van der Waals surface area contributed by atoms with Crippen LogP contribution < -0.4 is 4.74 Å². The van der Waals surface area contributed by atoms with Crippen LogP contribution in [0.25, 0.3) is 11.8 Å². The van der Waals surface area contributed by atoms with E-state index >= 15 is 0 Å². The highest BCUT2D eigenvalue weighted by Gasteiger charge is 2.24. The van der Waals surface area contributed by atoms with Crippen LogP contribution in [0, 0.1) is 0 Å². The molecule has 2 aromatic carbocycles. The Kier molecular flexibility index (Phi) is 5.72. The molecular formula is C22H26N2O2S. The normalized spacial score (nSPS) is 17.0. The Hall–Kier alpha value is -1.95. The lowest BCUT2D eigenvalue weighted by Crippen LogP contribution is -2.45. The number of rotatable bonds is 5. The first-order valence-corrected chi connectivity index (χ1v) is 10.4. The van der Waals surface area contributed by atoms with Crippen LogP contribution in [0.2, 0.25) is 0 Å². The van der Waals surface area contributed by atoms with Crippen LogP contribution in [0.15, 0.2) is 52.3 Å². The van der Waals surface area contributed by atoms with Gasteiger partial charge in [-0.15, -0.1) is 0 Å². The van der Waals surface area contributed by atoms with Gasteiger partial charge in [-0.25, -0.2) is 0 Å². The highest BCUT2D eigenvalue weighted by atomic mass is 32.2. The van der Waals surface area contributed by atoms with Gasteiger partial charge in [0.25, 0.3) is 0 Å². The lowest BCUT2D eigenvalue weighted by atomic mass is 10.1. The second-order valence-electron chi connectivity index (χ2n) is 6.94. The van der Waals surface area contributed by atoms with Crippen molar-refractivity contribution in [3.63, 3.8) is 0 Å². The van der Waals surface area contributed by atoms with Gasteiger partial charge in [-0.2, -0.15) is 0 Å². The standard InChI is InChI=1S/C22H26N2O2S/c1-26-18-7-8-22-19(16-18)20(15-17-5-2-3-6-21(17)27-22)24-12-10-23(11-13-24)9-4-14-25/h2-3,5-8,15-16,25H,4,9-14H2,1H3. The Morgan fingerprint density at radius 2 is 1.85 bits per heavy atom. The molecule has 0 radical (unpaired) electrons. The maximum Gasteiger partial charge on any atom is 0.119 e. The van der Waals surface area contributed by atoms with Gasteiger partial charge in [-0.3, -0.25) is 4.90 Å². The summed E-state index contributed by atoms with van der Waals surface area (Å²) in [7, 11) is 1.73. The summed E-state index contributed by atoms with van der Waals surface area (Å²) >= 11 is 1.83. The largest absolute Gasteiger partial charge is 0.497 e. The first kappa shape index (κ1) is 18.4. The molecule has 0 aliphatic carbocycles. The summed E-state index contributed by atoms with van der Waals surface area (Å²) < 4.78 is 5.51. The average molecular weight is 383 g/mol. The molecule has 1 saturated heterocycles. The summed E-state index contributed by atoms with van der Waals surface area (Å²) in [6.07, 6.45) is 3.18. The van der Waals surface area contributed by atoms with E-state index in [4.69, 9.17) is 9.84 Å². The number of ether oxygens (including phenoxy) is 1. The van der Waals surface area contributed by atoms with Crippen LogP contribution in [0.4, 0.5) is 0 Å². The molecule has 2 heterocycles. The molecule has 0 bridgehead atoms. The smallest absolute Gasteiger partial charge is 0.119 e. The first-order valence-electron chi connectivity index (χ1n) is 9.53. The fraction of sp³-hybridized carbons (Fsp3) is 0.364. The molecule has 2 aromatic rings. The van der Waals surface area contributed by atoms with Crippen molar-refractivity contribution in [3.8, 4) is 5.75 Å². The monoisotopic (exact) mass is 382 g/mol. The van der Waals surface area contributed by atoms with E-state index in [1.807, 2.05) is 17.8 Å². The number of hydrogen-bond donors (Lipinski definition) is 1. The maximum absolute atomic E-state index is 9.08. The van der Waals surface area contributed by atoms with Crippen molar-refractivity contribution < 1.29 is 9.84 Å². The van der Waals surface area contributed by atoms with Crippen LogP contribution in [-0.4, -0.2) is 61.3 Å². The number of methoxy groups -OCH3 is 1. The number of piperazine rings is 1. The molecular weight excluding hydrogens is 356 g/mol. The van der Waals surface area contributed by atoms with Crippen molar-refractivity contribution in [3.05, 3.63) is 53.6 Å². The van der Waals surface area contributed by atoms with Crippen molar-refractivity contribution >= 4 is 23.5 Å². The van der Waals surface area contributed by atoms with Gasteiger partial charge in [-0.1, -0.05) is 30.0 Å². The van der Waals surface area contributed by atoms with E-state index in [2.05, 4.69) is 52.3 Å². The molecule has 0 spiro atoms. The van der Waals surface area contributed by atoms with Crippen LogP contribution >= 0.6 is 11.8 Å². The summed E-state index contributed by atoms with van der Waals surface area (Å²) in [5.41, 5.74) is 3.80. The summed E-state index contributed by atoms with van der Waals surface area (Å²) in [6, 6.07) is 15.0. The highest BCUT2D eigenvalue weighted by Crippen LogP contribution is 2.42. The molecule has 0 aromatic heterocycles. The zero-order valence-corrected chi connectivity index (χ0v) is 16.5. The molecule has 0 unspecified atom stereocenters. The van der Waals surface area contributed by atoms with Gasteiger partial charge in [0.05, 0.1) is 7.11 Å². The Balaban J connectivity index is 1.67. The Morgan fingerprint density at radius 1 is 1.04 bits per heavy atom. The third kappa shape index (κ3) is 4.00. The summed E-state index contributed by atoms with van der Waals surface area (Å²) in [6.45, 7) is 5.32. The predicted octanol–water partition coefficient (Wildman–Crippen LogP) is 3.66. The summed E-state index contributed by atoms with van der Waals surface area (Å²) in [5.74, 6) is 0.896. The first-order chi connectivity index (χ1) is 13.3. The number of aliphatic hydroxyl groups is 1. The molecule has 2 aliphatic rings. The number of fused-ring (bicyclic) bond motifs is 2. The minimum atomic E-state index is 0.270. The Labute approximate surface area is 165 Å². The van der Waals surface area contributed by atoms with E-state index in [-0.39, 0.29) is 6.61 Å². The van der Waals surface area contributed by atoms with Gasteiger partial charge in [0.15, 0.2) is 0 Å². The number of nitrogens with zero attached hydrogens (tertiary/aromatic N) is 2. The molecule has 4 nitrogen and oxygen atoms in total. The summed E-state index contributed by atoms with van der Waals surface area (Å²) in [5, 5.41) is 9.08. The van der Waals surface area contributed by atoms with E-state index in [1.54, 1.807) is 7.11 Å². The van der Waals surface area contributed by atoms with Gasteiger partial charge in [0.1, 0.15) is 5.75 Å². The topological polar surface area (TPSA) is 35.9 Å². The number of benzene rings is 2. The second-order valence-corrected chi connectivity index (χ2v) is 8.02. The Morgan fingerprint density at radius 3 is 2.63 bits per heavy atom. The molecule has 27 heavy (non-hydrogen) atoms. The highest BCUT2D eigenvalue weighted by molar-refractivity contribution is 7.99. The minimum absolute atomic E-state index is 0.270. The zero-order valence-electron chi connectivity index (χ0n) is 15.7. The SMILES string of the molecule is COc1ccc2c(c1)C(N1CCN(CCCO)CC1)=Cc1ccccc1S2. The molecule has 1 N–H and O–H groups in total. The van der Waals surface area contributed by atoms with Crippen molar-refractivity contribution in [2.45, 2.75) is 16.2 Å². The molecule has 1 fully saturated rings. The molecule has 0 amide bonds. The van der Waals surface area contributed by atoms with Crippen LogP contribution in [-0.2, 0) is 0 Å². The molecule has 2 aliphatic heterocycles. The molecule has 5 heteroatoms. The second kappa shape index (κ2) is 8.38. The molecule has 0 atom stereocenters. The molecule has 142 valence electrons. The third-order valence-corrected chi connectivity index (χ3v) is 6.41. The number of hydrogen-bond acceptors (Lipinski definition) is 5. The zero-order chi connectivity index (χ0) is 18.6. The van der Waals surface area contributed by atoms with Crippen molar-refractivity contribution in [1.29, 1.82) is 0 Å².